The molecular formula is C10H7F3O5. The molecule has 0 bridgehead atoms. The first-order valence-electron chi connectivity index (χ1n) is 4.49. The maximum absolute atomic E-state index is 13.6. The maximum Gasteiger partial charge on any atom is 0.342 e. The third-order valence-corrected chi connectivity index (χ3v) is 2.11. The van der Waals surface area contributed by atoms with Crippen molar-refractivity contribution in [1.29, 1.82) is 0 Å². The van der Waals surface area contributed by atoms with E-state index in [1.54, 1.807) is 0 Å². The number of ether oxygens (including phenoxy) is 1. The Morgan fingerprint density at radius 3 is 2.06 bits per heavy atom. The lowest BCUT2D eigenvalue weighted by Gasteiger charge is -2.11. The van der Waals surface area contributed by atoms with Gasteiger partial charge in [0.2, 0.25) is 0 Å². The number of carboxylic acids is 2. The molecule has 0 radical (unpaired) electrons. The van der Waals surface area contributed by atoms with Crippen LogP contribution in [-0.4, -0.2) is 29.3 Å². The lowest BCUT2D eigenvalue weighted by Crippen LogP contribution is -2.14. The molecule has 0 saturated heterocycles. The summed E-state index contributed by atoms with van der Waals surface area (Å²) < 4.78 is 44.7. The number of rotatable bonds is 4. The molecule has 1 aromatic carbocycles. The summed E-state index contributed by atoms with van der Waals surface area (Å²) in [6, 6.07) is 0. The molecule has 8 heteroatoms. The molecular weight excluding hydrogens is 257 g/mol. The lowest BCUT2D eigenvalue weighted by atomic mass is 10.0. The molecule has 0 aliphatic carbocycles. The van der Waals surface area contributed by atoms with Gasteiger partial charge in [-0.05, 0) is 0 Å². The molecule has 18 heavy (non-hydrogen) atoms. The lowest BCUT2D eigenvalue weighted by molar-refractivity contribution is -0.136. The van der Waals surface area contributed by atoms with Gasteiger partial charge in [0.15, 0.2) is 23.2 Å². The van der Waals surface area contributed by atoms with E-state index in [0.717, 1.165) is 7.11 Å². The van der Waals surface area contributed by atoms with E-state index in [4.69, 9.17) is 10.2 Å². The molecule has 2 N–H and O–H groups in total. The van der Waals surface area contributed by atoms with Crippen LogP contribution in [0.1, 0.15) is 15.9 Å². The number of aromatic carboxylic acids is 1. The Kier molecular flexibility index (Phi) is 3.79. The SMILES string of the molecule is COc1c(F)c(CC(=O)O)c(F)c(F)c1C(=O)O. The number of carboxylic acid groups (broad SMARTS) is 2. The normalized spacial score (nSPS) is 10.2. The van der Waals surface area contributed by atoms with Crippen LogP contribution in [0.3, 0.4) is 0 Å². The molecule has 1 aromatic rings. The average Bonchev–Trinajstić information content (AvgIpc) is 2.28. The maximum atomic E-state index is 13.6. The summed E-state index contributed by atoms with van der Waals surface area (Å²) in [6.07, 6.45) is -1.13. The van der Waals surface area contributed by atoms with Crippen molar-refractivity contribution in [2.24, 2.45) is 0 Å². The molecule has 0 spiro atoms. The van der Waals surface area contributed by atoms with Crippen LogP contribution in [0.5, 0.6) is 5.75 Å². The Morgan fingerprint density at radius 2 is 1.67 bits per heavy atom. The van der Waals surface area contributed by atoms with Gasteiger partial charge in [0.05, 0.1) is 13.5 Å². The standard InChI is InChI=1S/C10H7F3O5/c1-18-9-5(10(16)17)8(13)6(11)3(7(9)12)2-4(14)15/h2H2,1H3,(H,14,15)(H,16,17). The van der Waals surface area contributed by atoms with Gasteiger partial charge in [-0.15, -0.1) is 0 Å². The summed E-state index contributed by atoms with van der Waals surface area (Å²) in [5.41, 5.74) is -2.41. The number of methoxy groups -OCH3 is 1. The molecule has 0 aliphatic heterocycles. The van der Waals surface area contributed by atoms with E-state index in [9.17, 15) is 22.8 Å². The fourth-order valence-electron chi connectivity index (χ4n) is 1.37. The Bertz CT molecular complexity index is 527. The van der Waals surface area contributed by atoms with Crippen molar-refractivity contribution < 1.29 is 37.7 Å². The van der Waals surface area contributed by atoms with Crippen LogP contribution in [0.4, 0.5) is 13.2 Å². The van der Waals surface area contributed by atoms with Gasteiger partial charge in [0.1, 0.15) is 5.56 Å². The number of hydrogen-bond acceptors (Lipinski definition) is 3. The van der Waals surface area contributed by atoms with Gasteiger partial charge in [0, 0.05) is 5.56 Å². The molecule has 0 atom stereocenters. The summed E-state index contributed by atoms with van der Waals surface area (Å²) in [6.45, 7) is 0. The number of halogens is 3. The van der Waals surface area contributed by atoms with E-state index in [0.29, 0.717) is 0 Å². The Balaban J connectivity index is 3.64. The molecule has 0 fully saturated rings. The summed E-state index contributed by atoms with van der Waals surface area (Å²) in [5, 5.41) is 17.1. The zero-order valence-electron chi connectivity index (χ0n) is 8.96. The van der Waals surface area contributed by atoms with Crippen LogP contribution in [-0.2, 0) is 11.2 Å². The number of aliphatic carboxylic acids is 1. The molecule has 0 aromatic heterocycles. The van der Waals surface area contributed by atoms with E-state index in [-0.39, 0.29) is 0 Å². The zero-order chi connectivity index (χ0) is 14.0. The van der Waals surface area contributed by atoms with Gasteiger partial charge < -0.3 is 14.9 Å². The predicted molar refractivity (Wildman–Crippen MR) is 51.2 cm³/mol. The van der Waals surface area contributed by atoms with E-state index in [1.165, 1.54) is 0 Å². The molecule has 0 aliphatic rings. The summed E-state index contributed by atoms with van der Waals surface area (Å²) in [5.74, 6) is -9.83. The zero-order valence-corrected chi connectivity index (χ0v) is 8.96. The minimum absolute atomic E-state index is 0.854. The highest BCUT2D eigenvalue weighted by Gasteiger charge is 2.30. The van der Waals surface area contributed by atoms with Crippen LogP contribution < -0.4 is 4.74 Å². The smallest absolute Gasteiger partial charge is 0.342 e. The van der Waals surface area contributed by atoms with Crippen molar-refractivity contribution in [2.45, 2.75) is 6.42 Å². The van der Waals surface area contributed by atoms with E-state index in [1.807, 2.05) is 0 Å². The first-order valence-corrected chi connectivity index (χ1v) is 4.49. The minimum Gasteiger partial charge on any atom is -0.493 e. The summed E-state index contributed by atoms with van der Waals surface area (Å²) >= 11 is 0. The molecule has 0 heterocycles. The molecule has 0 amide bonds. The largest absolute Gasteiger partial charge is 0.493 e. The fraction of sp³-hybridized carbons (Fsp3) is 0.200. The Morgan fingerprint density at radius 1 is 1.11 bits per heavy atom. The van der Waals surface area contributed by atoms with Crippen LogP contribution in [0.2, 0.25) is 0 Å². The third-order valence-electron chi connectivity index (χ3n) is 2.11. The predicted octanol–water partition coefficient (Wildman–Crippen LogP) is 1.44. The number of benzene rings is 1. The molecule has 0 unspecified atom stereocenters. The Hall–Kier alpha value is -2.25. The molecule has 0 saturated carbocycles. The second-order valence-electron chi connectivity index (χ2n) is 3.20. The van der Waals surface area contributed by atoms with E-state index in [2.05, 4.69) is 4.74 Å². The highest BCUT2D eigenvalue weighted by Crippen LogP contribution is 2.31. The van der Waals surface area contributed by atoms with E-state index < -0.39 is 52.7 Å². The second kappa shape index (κ2) is 4.94. The van der Waals surface area contributed by atoms with Gasteiger partial charge >= 0.3 is 11.9 Å². The van der Waals surface area contributed by atoms with Crippen molar-refractivity contribution in [3.05, 3.63) is 28.6 Å². The van der Waals surface area contributed by atoms with Gasteiger partial charge in [-0.3, -0.25) is 4.79 Å². The third kappa shape index (κ3) is 2.22. The van der Waals surface area contributed by atoms with Crippen molar-refractivity contribution in [3.63, 3.8) is 0 Å². The summed E-state index contributed by atoms with van der Waals surface area (Å²) in [7, 11) is 0.854. The monoisotopic (exact) mass is 264 g/mol. The van der Waals surface area contributed by atoms with Crippen molar-refractivity contribution >= 4 is 11.9 Å². The van der Waals surface area contributed by atoms with Gasteiger partial charge in [-0.1, -0.05) is 0 Å². The highest BCUT2D eigenvalue weighted by molar-refractivity contribution is 5.91. The Labute approximate surface area is 98.4 Å². The van der Waals surface area contributed by atoms with Crippen LogP contribution in [0, 0.1) is 17.5 Å². The molecule has 5 nitrogen and oxygen atoms in total. The van der Waals surface area contributed by atoms with Crippen molar-refractivity contribution in [2.75, 3.05) is 7.11 Å². The minimum atomic E-state index is -1.93. The van der Waals surface area contributed by atoms with Gasteiger partial charge in [0.25, 0.3) is 0 Å². The average molecular weight is 264 g/mol. The number of hydrogen-bond donors (Lipinski definition) is 2. The first-order chi connectivity index (χ1) is 8.31. The summed E-state index contributed by atoms with van der Waals surface area (Å²) in [4.78, 5) is 21.1. The van der Waals surface area contributed by atoms with Crippen LogP contribution in [0.25, 0.3) is 0 Å². The number of carbonyl (C=O) groups is 2. The van der Waals surface area contributed by atoms with Gasteiger partial charge in [-0.25, -0.2) is 18.0 Å². The van der Waals surface area contributed by atoms with Crippen molar-refractivity contribution in [1.82, 2.24) is 0 Å². The van der Waals surface area contributed by atoms with Crippen LogP contribution in [0.15, 0.2) is 0 Å². The van der Waals surface area contributed by atoms with E-state index >= 15 is 0 Å². The fourth-order valence-corrected chi connectivity index (χ4v) is 1.37. The topological polar surface area (TPSA) is 83.8 Å². The van der Waals surface area contributed by atoms with Gasteiger partial charge in [-0.2, -0.15) is 0 Å². The molecule has 1 rings (SSSR count). The second-order valence-corrected chi connectivity index (χ2v) is 3.20. The quantitative estimate of drug-likeness (QED) is 0.804. The van der Waals surface area contributed by atoms with Crippen molar-refractivity contribution in [3.8, 4) is 5.75 Å². The first kappa shape index (κ1) is 13.8. The molecule has 98 valence electrons. The highest BCUT2D eigenvalue weighted by atomic mass is 19.2. The van der Waals surface area contributed by atoms with Crippen LogP contribution >= 0.6 is 0 Å².